The van der Waals surface area contributed by atoms with Crippen molar-refractivity contribution in [1.82, 2.24) is 4.98 Å². The summed E-state index contributed by atoms with van der Waals surface area (Å²) < 4.78 is 0. The Morgan fingerprint density at radius 2 is 1.86 bits per heavy atom. The molecule has 4 nitrogen and oxygen atoms in total. The Hall–Kier alpha value is -2.46. The van der Waals surface area contributed by atoms with Crippen LogP contribution in [0.5, 0.6) is 5.75 Å². The maximum atomic E-state index is 10.7. The standard InChI is InChI=1S/C11H11NO3.C6H5Cl/c1-6-8(5-11(14)15)9-4-7(13)2-3-10(9)12-6;7-6-4-2-1-3-5-6/h2-4,12-13H,5H2,1H3,(H,14,15);1-5H. The van der Waals surface area contributed by atoms with Crippen LogP contribution in [-0.2, 0) is 11.2 Å². The van der Waals surface area contributed by atoms with Crippen molar-refractivity contribution in [3.05, 3.63) is 64.8 Å². The first kappa shape index (κ1) is 15.9. The fourth-order valence-corrected chi connectivity index (χ4v) is 2.31. The van der Waals surface area contributed by atoms with Gasteiger partial charge in [0, 0.05) is 21.6 Å². The number of carboxylic acids is 1. The predicted octanol–water partition coefficient (Wildman–Crippen LogP) is 4.15. The highest BCUT2D eigenvalue weighted by Crippen LogP contribution is 2.26. The summed E-state index contributed by atoms with van der Waals surface area (Å²) in [6.07, 6.45) is -0.0325. The minimum Gasteiger partial charge on any atom is -0.508 e. The Labute approximate surface area is 133 Å². The van der Waals surface area contributed by atoms with Crippen LogP contribution in [0.15, 0.2) is 48.5 Å². The van der Waals surface area contributed by atoms with Gasteiger partial charge in [0.2, 0.25) is 0 Å². The second-order valence-electron chi connectivity index (χ2n) is 4.82. The third kappa shape index (κ3) is 4.02. The zero-order valence-electron chi connectivity index (χ0n) is 12.0. The van der Waals surface area contributed by atoms with Crippen LogP contribution in [0.4, 0.5) is 0 Å². The van der Waals surface area contributed by atoms with Crippen molar-refractivity contribution in [3.63, 3.8) is 0 Å². The van der Waals surface area contributed by atoms with E-state index in [1.54, 1.807) is 18.2 Å². The lowest BCUT2D eigenvalue weighted by atomic mass is 10.1. The van der Waals surface area contributed by atoms with E-state index < -0.39 is 5.97 Å². The molecule has 0 saturated carbocycles. The Balaban J connectivity index is 0.000000211. The quantitative estimate of drug-likeness (QED) is 0.664. The average Bonchev–Trinajstić information content (AvgIpc) is 2.76. The number of aromatic nitrogens is 1. The predicted molar refractivity (Wildman–Crippen MR) is 87.5 cm³/mol. The van der Waals surface area contributed by atoms with Gasteiger partial charge in [-0.15, -0.1) is 0 Å². The molecule has 0 aliphatic heterocycles. The molecule has 0 bridgehead atoms. The molecular weight excluding hydrogens is 302 g/mol. The number of halogens is 1. The second-order valence-corrected chi connectivity index (χ2v) is 5.26. The number of nitrogens with one attached hydrogen (secondary N) is 1. The van der Waals surface area contributed by atoms with Crippen molar-refractivity contribution in [2.24, 2.45) is 0 Å². The van der Waals surface area contributed by atoms with Gasteiger partial charge >= 0.3 is 5.97 Å². The van der Waals surface area contributed by atoms with Crippen molar-refractivity contribution in [1.29, 1.82) is 0 Å². The number of carboxylic acid groups (broad SMARTS) is 1. The van der Waals surface area contributed by atoms with Crippen LogP contribution in [0, 0.1) is 6.92 Å². The number of phenolic OH excluding ortho intramolecular Hbond substituents is 1. The maximum absolute atomic E-state index is 10.7. The number of aryl methyl sites for hydroxylation is 1. The summed E-state index contributed by atoms with van der Waals surface area (Å²) >= 11 is 5.54. The fourth-order valence-electron chi connectivity index (χ4n) is 2.16. The summed E-state index contributed by atoms with van der Waals surface area (Å²) in [7, 11) is 0. The number of aliphatic carboxylic acids is 1. The number of fused-ring (bicyclic) bond motifs is 1. The Bertz CT molecular complexity index is 781. The van der Waals surface area contributed by atoms with Crippen LogP contribution in [0.1, 0.15) is 11.3 Å². The first-order chi connectivity index (χ1) is 10.5. The third-order valence-electron chi connectivity index (χ3n) is 3.16. The second kappa shape index (κ2) is 7.00. The van der Waals surface area contributed by atoms with Gasteiger partial charge in [0.05, 0.1) is 6.42 Å². The van der Waals surface area contributed by atoms with Gasteiger partial charge in [-0.05, 0) is 42.8 Å². The van der Waals surface area contributed by atoms with Crippen molar-refractivity contribution in [2.75, 3.05) is 0 Å². The van der Waals surface area contributed by atoms with Crippen LogP contribution in [-0.4, -0.2) is 21.2 Å². The van der Waals surface area contributed by atoms with Gasteiger partial charge in [-0.2, -0.15) is 0 Å². The van der Waals surface area contributed by atoms with Gasteiger partial charge in [-0.25, -0.2) is 0 Å². The number of H-pyrrole nitrogens is 1. The minimum atomic E-state index is -0.873. The highest BCUT2D eigenvalue weighted by atomic mass is 35.5. The van der Waals surface area contributed by atoms with Gasteiger partial charge in [0.25, 0.3) is 0 Å². The molecule has 3 rings (SSSR count). The van der Waals surface area contributed by atoms with E-state index in [0.29, 0.717) is 0 Å². The van der Waals surface area contributed by atoms with Gasteiger partial charge < -0.3 is 15.2 Å². The van der Waals surface area contributed by atoms with Crippen molar-refractivity contribution < 1.29 is 15.0 Å². The normalized spacial score (nSPS) is 10.1. The monoisotopic (exact) mass is 317 g/mol. The smallest absolute Gasteiger partial charge is 0.307 e. The number of aromatic amines is 1. The van der Waals surface area contributed by atoms with Crippen molar-refractivity contribution in [3.8, 4) is 5.75 Å². The van der Waals surface area contributed by atoms with E-state index in [2.05, 4.69) is 4.98 Å². The number of hydrogen-bond acceptors (Lipinski definition) is 2. The van der Waals surface area contributed by atoms with Crippen LogP contribution in [0.25, 0.3) is 10.9 Å². The van der Waals surface area contributed by atoms with E-state index >= 15 is 0 Å². The molecule has 1 aromatic heterocycles. The third-order valence-corrected chi connectivity index (χ3v) is 3.42. The summed E-state index contributed by atoms with van der Waals surface area (Å²) in [5.74, 6) is -0.726. The van der Waals surface area contributed by atoms with Crippen molar-refractivity contribution in [2.45, 2.75) is 13.3 Å². The molecule has 2 aromatic carbocycles. The van der Waals surface area contributed by atoms with Gasteiger partial charge in [0.15, 0.2) is 0 Å². The largest absolute Gasteiger partial charge is 0.508 e. The molecule has 0 amide bonds. The van der Waals surface area contributed by atoms with Gasteiger partial charge in [0.1, 0.15) is 5.75 Å². The van der Waals surface area contributed by atoms with Crippen LogP contribution >= 0.6 is 11.6 Å². The van der Waals surface area contributed by atoms with E-state index in [4.69, 9.17) is 16.7 Å². The summed E-state index contributed by atoms with van der Waals surface area (Å²) in [6, 6.07) is 14.3. The summed E-state index contributed by atoms with van der Waals surface area (Å²) in [5, 5.41) is 19.7. The Kier molecular flexibility index (Phi) is 5.07. The molecule has 3 N–H and O–H groups in total. The van der Waals surface area contributed by atoms with Crippen LogP contribution < -0.4 is 0 Å². The lowest BCUT2D eigenvalue weighted by molar-refractivity contribution is -0.136. The van der Waals surface area contributed by atoms with Gasteiger partial charge in [-0.1, -0.05) is 29.8 Å². The first-order valence-electron chi connectivity index (χ1n) is 6.70. The van der Waals surface area contributed by atoms with E-state index in [0.717, 1.165) is 27.2 Å². The SMILES string of the molecule is Cc1[nH]c2ccc(O)cc2c1CC(=O)O.Clc1ccccc1. The zero-order valence-corrected chi connectivity index (χ0v) is 12.8. The molecule has 0 spiro atoms. The molecule has 0 saturated heterocycles. The number of phenols is 1. The molecule has 1 heterocycles. The molecule has 0 fully saturated rings. The first-order valence-corrected chi connectivity index (χ1v) is 7.07. The number of carbonyl (C=O) groups is 1. The van der Waals surface area contributed by atoms with E-state index in [1.165, 1.54) is 0 Å². The molecule has 0 aliphatic carbocycles. The molecular formula is C17H16ClNO3. The molecule has 0 atom stereocenters. The van der Waals surface area contributed by atoms with E-state index in [-0.39, 0.29) is 12.2 Å². The van der Waals surface area contributed by atoms with E-state index in [1.807, 2.05) is 37.3 Å². The van der Waals surface area contributed by atoms with Gasteiger partial charge in [-0.3, -0.25) is 4.79 Å². The van der Waals surface area contributed by atoms with E-state index in [9.17, 15) is 9.90 Å². The Morgan fingerprint density at radius 1 is 1.18 bits per heavy atom. The maximum Gasteiger partial charge on any atom is 0.307 e. The zero-order chi connectivity index (χ0) is 16.1. The molecule has 0 unspecified atom stereocenters. The molecule has 5 heteroatoms. The molecule has 0 aliphatic rings. The van der Waals surface area contributed by atoms with Crippen LogP contribution in [0.2, 0.25) is 5.02 Å². The number of aromatic hydroxyl groups is 1. The number of rotatable bonds is 2. The number of benzene rings is 2. The lowest BCUT2D eigenvalue weighted by Gasteiger charge is -1.97. The number of hydrogen-bond donors (Lipinski definition) is 3. The summed E-state index contributed by atoms with van der Waals surface area (Å²) in [5.41, 5.74) is 2.41. The fraction of sp³-hybridized carbons (Fsp3) is 0.118. The minimum absolute atomic E-state index is 0.0325. The molecule has 3 aromatic rings. The highest BCUT2D eigenvalue weighted by Gasteiger charge is 2.11. The topological polar surface area (TPSA) is 73.3 Å². The lowest BCUT2D eigenvalue weighted by Crippen LogP contribution is -2.00. The molecule has 0 radical (unpaired) electrons. The van der Waals surface area contributed by atoms with Crippen LogP contribution in [0.3, 0.4) is 0 Å². The molecule has 22 heavy (non-hydrogen) atoms. The summed E-state index contributed by atoms with van der Waals surface area (Å²) in [4.78, 5) is 13.8. The molecule has 114 valence electrons. The average molecular weight is 318 g/mol. The Morgan fingerprint density at radius 3 is 2.41 bits per heavy atom. The highest BCUT2D eigenvalue weighted by molar-refractivity contribution is 6.30. The van der Waals surface area contributed by atoms with Crippen molar-refractivity contribution >= 4 is 28.5 Å². The summed E-state index contributed by atoms with van der Waals surface area (Å²) in [6.45, 7) is 1.83.